The molecule has 0 aromatic heterocycles. The highest BCUT2D eigenvalue weighted by Gasteiger charge is 2.39. The quantitative estimate of drug-likeness (QED) is 0.530. The normalized spacial score (nSPS) is 23.0. The number of phenols is 3. The summed E-state index contributed by atoms with van der Waals surface area (Å²) in [5.41, 5.74) is 0.634. The minimum atomic E-state index is -1.30. The van der Waals surface area contributed by atoms with Crippen LogP contribution in [0, 0.1) is 0 Å². The Balaban J connectivity index is 2.09. The fourth-order valence-electron chi connectivity index (χ4n) is 2.65. The van der Waals surface area contributed by atoms with Crippen molar-refractivity contribution < 1.29 is 35.0 Å². The first-order valence-electron chi connectivity index (χ1n) is 6.88. The van der Waals surface area contributed by atoms with E-state index in [2.05, 4.69) is 0 Å². The van der Waals surface area contributed by atoms with Crippen LogP contribution in [0.2, 0.25) is 0 Å². The zero-order valence-electron chi connectivity index (χ0n) is 12.2. The van der Waals surface area contributed by atoms with Crippen LogP contribution in [0.3, 0.4) is 0 Å². The number of hydrogen-bond donors (Lipinski definition) is 5. The predicted octanol–water partition coefficient (Wildman–Crippen LogP) is 1.34. The van der Waals surface area contributed by atoms with E-state index in [1.807, 2.05) is 0 Å². The Morgan fingerprint density at radius 3 is 2.30 bits per heavy atom. The molecule has 2 aromatic rings. The Morgan fingerprint density at radius 1 is 0.957 bits per heavy atom. The van der Waals surface area contributed by atoms with Crippen LogP contribution in [0.5, 0.6) is 28.7 Å². The van der Waals surface area contributed by atoms with Gasteiger partial charge in [0, 0.05) is 5.56 Å². The smallest absolute Gasteiger partial charge is 0.203 e. The van der Waals surface area contributed by atoms with E-state index >= 15 is 0 Å². The number of ether oxygens (including phenoxy) is 2. The Kier molecular flexibility index (Phi) is 3.67. The van der Waals surface area contributed by atoms with Gasteiger partial charge in [-0.2, -0.15) is 0 Å². The van der Waals surface area contributed by atoms with Crippen LogP contribution in [0.4, 0.5) is 0 Å². The summed E-state index contributed by atoms with van der Waals surface area (Å²) >= 11 is 0. The summed E-state index contributed by atoms with van der Waals surface area (Å²) in [5.74, 6) is -0.692. The molecule has 7 heteroatoms. The van der Waals surface area contributed by atoms with E-state index in [-0.39, 0.29) is 34.3 Å². The van der Waals surface area contributed by atoms with Gasteiger partial charge in [0.2, 0.25) is 5.75 Å². The van der Waals surface area contributed by atoms with Crippen LogP contribution < -0.4 is 9.47 Å². The van der Waals surface area contributed by atoms with Crippen molar-refractivity contribution in [3.8, 4) is 28.7 Å². The summed E-state index contributed by atoms with van der Waals surface area (Å²) in [4.78, 5) is 0. The van der Waals surface area contributed by atoms with E-state index in [1.54, 1.807) is 0 Å². The molecule has 23 heavy (non-hydrogen) atoms. The maximum Gasteiger partial charge on any atom is 0.203 e. The van der Waals surface area contributed by atoms with Gasteiger partial charge in [-0.25, -0.2) is 0 Å². The van der Waals surface area contributed by atoms with Crippen molar-refractivity contribution in [1.82, 2.24) is 0 Å². The zero-order chi connectivity index (χ0) is 16.7. The van der Waals surface area contributed by atoms with Crippen molar-refractivity contribution in [1.29, 1.82) is 0 Å². The van der Waals surface area contributed by atoms with E-state index in [0.29, 0.717) is 5.56 Å². The number of aromatic hydroxyl groups is 3. The molecule has 0 saturated carbocycles. The molecule has 0 saturated heterocycles. The number of hydrogen-bond acceptors (Lipinski definition) is 7. The van der Waals surface area contributed by atoms with Gasteiger partial charge in [0.1, 0.15) is 12.2 Å². The minimum Gasteiger partial charge on any atom is -0.504 e. The lowest BCUT2D eigenvalue weighted by atomic mass is 9.91. The molecule has 5 N–H and O–H groups in total. The molecule has 2 aromatic carbocycles. The minimum absolute atomic E-state index is 0.0430. The highest BCUT2D eigenvalue weighted by atomic mass is 16.5. The molecular formula is C16H16O7. The molecule has 0 fully saturated rings. The lowest BCUT2D eigenvalue weighted by Crippen LogP contribution is -2.34. The molecule has 0 radical (unpaired) electrons. The molecule has 3 rings (SSSR count). The number of methoxy groups -OCH3 is 1. The van der Waals surface area contributed by atoms with Crippen LogP contribution in [0.15, 0.2) is 30.3 Å². The van der Waals surface area contributed by atoms with Gasteiger partial charge in [0.15, 0.2) is 29.1 Å². The van der Waals surface area contributed by atoms with Gasteiger partial charge in [0.05, 0.1) is 7.11 Å². The molecule has 0 spiro atoms. The van der Waals surface area contributed by atoms with Gasteiger partial charge in [-0.15, -0.1) is 0 Å². The van der Waals surface area contributed by atoms with E-state index in [0.717, 1.165) is 0 Å². The summed E-state index contributed by atoms with van der Waals surface area (Å²) in [6.07, 6.45) is -3.59. The van der Waals surface area contributed by atoms with Crippen LogP contribution in [0.1, 0.15) is 23.3 Å². The van der Waals surface area contributed by atoms with E-state index in [9.17, 15) is 25.5 Å². The molecule has 7 nitrogen and oxygen atoms in total. The first-order chi connectivity index (χ1) is 10.9. The zero-order valence-corrected chi connectivity index (χ0v) is 12.2. The number of benzene rings is 2. The molecule has 0 aliphatic carbocycles. The van der Waals surface area contributed by atoms with Gasteiger partial charge in [-0.1, -0.05) is 6.07 Å². The van der Waals surface area contributed by atoms with Crippen LogP contribution in [-0.4, -0.2) is 38.7 Å². The van der Waals surface area contributed by atoms with Gasteiger partial charge in [0.25, 0.3) is 0 Å². The van der Waals surface area contributed by atoms with Crippen molar-refractivity contribution in [2.24, 2.45) is 0 Å². The first kappa shape index (κ1) is 15.3. The van der Waals surface area contributed by atoms with Crippen molar-refractivity contribution >= 4 is 0 Å². The number of fused-ring (bicyclic) bond motifs is 1. The number of rotatable bonds is 2. The summed E-state index contributed by atoms with van der Waals surface area (Å²) < 4.78 is 10.8. The van der Waals surface area contributed by atoms with Crippen molar-refractivity contribution in [3.05, 3.63) is 41.5 Å². The second-order valence-electron chi connectivity index (χ2n) is 5.26. The number of phenolic OH excluding ortho intramolecular Hbond substituents is 3. The lowest BCUT2D eigenvalue weighted by Gasteiger charge is -2.35. The monoisotopic (exact) mass is 320 g/mol. The Labute approximate surface area is 131 Å². The van der Waals surface area contributed by atoms with Crippen LogP contribution in [-0.2, 0) is 0 Å². The first-order valence-corrected chi connectivity index (χ1v) is 6.88. The molecule has 122 valence electrons. The fourth-order valence-corrected chi connectivity index (χ4v) is 2.65. The van der Waals surface area contributed by atoms with E-state index < -0.39 is 18.3 Å². The Hall–Kier alpha value is -2.64. The Bertz CT molecular complexity index is 743. The third-order valence-electron chi connectivity index (χ3n) is 3.85. The summed E-state index contributed by atoms with van der Waals surface area (Å²) in [6.45, 7) is 0. The lowest BCUT2D eigenvalue weighted by molar-refractivity contribution is -0.0710. The largest absolute Gasteiger partial charge is 0.504 e. The highest BCUT2D eigenvalue weighted by Crippen LogP contribution is 2.49. The predicted molar refractivity (Wildman–Crippen MR) is 78.8 cm³/mol. The second-order valence-corrected chi connectivity index (χ2v) is 5.26. The third kappa shape index (κ3) is 2.39. The van der Waals surface area contributed by atoms with E-state index in [4.69, 9.17) is 9.47 Å². The van der Waals surface area contributed by atoms with Gasteiger partial charge in [-0.3, -0.25) is 0 Å². The van der Waals surface area contributed by atoms with Crippen molar-refractivity contribution in [3.63, 3.8) is 0 Å². The van der Waals surface area contributed by atoms with Gasteiger partial charge in [-0.05, 0) is 29.8 Å². The van der Waals surface area contributed by atoms with Crippen LogP contribution in [0.25, 0.3) is 0 Å². The highest BCUT2D eigenvalue weighted by molar-refractivity contribution is 5.57. The van der Waals surface area contributed by atoms with E-state index in [1.165, 1.54) is 37.4 Å². The molecule has 0 amide bonds. The molecule has 3 atom stereocenters. The van der Waals surface area contributed by atoms with Crippen LogP contribution >= 0.6 is 0 Å². The maximum absolute atomic E-state index is 10.3. The average Bonchev–Trinajstić information content (AvgIpc) is 2.53. The molecular weight excluding hydrogens is 304 g/mol. The number of aliphatic hydroxyl groups is 2. The molecule has 1 heterocycles. The maximum atomic E-state index is 10.3. The molecule has 0 unspecified atom stereocenters. The Morgan fingerprint density at radius 2 is 1.65 bits per heavy atom. The fraction of sp³-hybridized carbons (Fsp3) is 0.250. The second kappa shape index (κ2) is 5.53. The van der Waals surface area contributed by atoms with Gasteiger partial charge < -0.3 is 35.0 Å². The van der Waals surface area contributed by atoms with Gasteiger partial charge >= 0.3 is 0 Å². The summed E-state index contributed by atoms with van der Waals surface area (Å²) in [6, 6.07) is 6.71. The average molecular weight is 320 g/mol. The third-order valence-corrected chi connectivity index (χ3v) is 3.85. The number of aliphatic hydroxyl groups excluding tert-OH is 2. The summed E-state index contributed by atoms with van der Waals surface area (Å²) in [5, 5.41) is 49.4. The summed E-state index contributed by atoms with van der Waals surface area (Å²) in [7, 11) is 1.34. The molecule has 0 bridgehead atoms. The standard InChI is InChI=1S/C16H16O7/c1-22-16-10(18)5-3-8-12(20)13(21)14(23-15(8)16)7-2-4-9(17)11(19)6-7/h2-6,12-14,17-21H,1H3/t12-,13+,14-/m1/s1. The topological polar surface area (TPSA) is 120 Å². The molecule has 1 aliphatic rings. The SMILES string of the molecule is COc1c(O)ccc2c1O[C@H](c1ccc(O)c(O)c1)[C@@H](O)[C@@H]2O. The van der Waals surface area contributed by atoms with Crippen molar-refractivity contribution in [2.45, 2.75) is 18.3 Å². The molecule has 1 aliphatic heterocycles. The van der Waals surface area contributed by atoms with Crippen molar-refractivity contribution in [2.75, 3.05) is 7.11 Å².